The second-order valence-corrected chi connectivity index (χ2v) is 7.69. The number of nitrogens with one attached hydrogen (secondary N) is 1. The SMILES string of the molecule is Cc1ccc(C2=NC(=C3C=CC(=O)C=C3O)N=C(c3ccc(C)cc3C)N2)c(C)c1. The van der Waals surface area contributed by atoms with E-state index in [-0.39, 0.29) is 11.5 Å². The number of carbonyl (C=O) groups is 1. The van der Waals surface area contributed by atoms with Crippen molar-refractivity contribution >= 4 is 17.5 Å². The molecule has 2 aliphatic rings. The van der Waals surface area contributed by atoms with Gasteiger partial charge >= 0.3 is 0 Å². The van der Waals surface area contributed by atoms with E-state index in [1.807, 2.05) is 38.1 Å². The van der Waals surface area contributed by atoms with Crippen LogP contribution in [0.4, 0.5) is 0 Å². The molecule has 0 radical (unpaired) electrons. The highest BCUT2D eigenvalue weighted by Crippen LogP contribution is 2.25. The average Bonchev–Trinajstić information content (AvgIpc) is 2.67. The van der Waals surface area contributed by atoms with Crippen LogP contribution >= 0.6 is 0 Å². The Morgan fingerprint density at radius 2 is 1.33 bits per heavy atom. The molecule has 1 aliphatic heterocycles. The largest absolute Gasteiger partial charge is 0.507 e. The minimum absolute atomic E-state index is 0.133. The third-order valence-electron chi connectivity index (χ3n) is 5.16. The standard InChI is InChI=1S/C25H23N3O2/c1-14-5-8-19(16(3)11-14)23-26-24(20-9-6-15(2)12-17(20)4)28-25(27-23)21-10-7-18(29)13-22(21)30/h5-13,30H,1-4H3,(H,26,27,28). The van der Waals surface area contributed by atoms with Crippen molar-refractivity contribution in [3.8, 4) is 0 Å². The predicted octanol–water partition coefficient (Wildman–Crippen LogP) is 4.51. The zero-order chi connectivity index (χ0) is 21.4. The highest BCUT2D eigenvalue weighted by Gasteiger charge is 2.22. The number of hydrogen-bond acceptors (Lipinski definition) is 5. The number of ketones is 1. The number of aliphatic hydroxyl groups is 1. The van der Waals surface area contributed by atoms with Crippen molar-refractivity contribution in [2.75, 3.05) is 0 Å². The Morgan fingerprint density at radius 3 is 1.80 bits per heavy atom. The molecule has 1 aliphatic carbocycles. The van der Waals surface area contributed by atoms with E-state index in [2.05, 4.69) is 31.3 Å². The van der Waals surface area contributed by atoms with Crippen LogP contribution in [-0.2, 0) is 4.79 Å². The van der Waals surface area contributed by atoms with Gasteiger partial charge in [0.1, 0.15) is 17.4 Å². The number of aryl methyl sites for hydroxylation is 4. The second-order valence-electron chi connectivity index (χ2n) is 7.69. The van der Waals surface area contributed by atoms with Crippen LogP contribution < -0.4 is 5.32 Å². The summed E-state index contributed by atoms with van der Waals surface area (Å²) < 4.78 is 0. The van der Waals surface area contributed by atoms with Gasteiger partial charge in [-0.05, 0) is 51.0 Å². The fourth-order valence-electron chi connectivity index (χ4n) is 3.64. The third-order valence-corrected chi connectivity index (χ3v) is 5.16. The third kappa shape index (κ3) is 3.74. The summed E-state index contributed by atoms with van der Waals surface area (Å²) in [7, 11) is 0. The van der Waals surface area contributed by atoms with Gasteiger partial charge in [0, 0.05) is 17.2 Å². The van der Waals surface area contributed by atoms with Crippen LogP contribution in [0.5, 0.6) is 0 Å². The highest BCUT2D eigenvalue weighted by molar-refractivity contribution is 6.17. The first-order chi connectivity index (χ1) is 14.3. The van der Waals surface area contributed by atoms with E-state index in [4.69, 9.17) is 9.98 Å². The van der Waals surface area contributed by atoms with Gasteiger partial charge in [0.2, 0.25) is 0 Å². The van der Waals surface area contributed by atoms with Crippen LogP contribution in [0.15, 0.2) is 81.8 Å². The van der Waals surface area contributed by atoms with Gasteiger partial charge in [-0.25, -0.2) is 9.98 Å². The Balaban J connectivity index is 1.91. The van der Waals surface area contributed by atoms with Gasteiger partial charge < -0.3 is 10.4 Å². The van der Waals surface area contributed by atoms with Gasteiger partial charge in [0.25, 0.3) is 0 Å². The molecule has 0 bridgehead atoms. The number of amidine groups is 2. The molecule has 1 heterocycles. The highest BCUT2D eigenvalue weighted by atomic mass is 16.3. The lowest BCUT2D eigenvalue weighted by Gasteiger charge is -2.21. The first-order valence-electron chi connectivity index (χ1n) is 9.79. The molecule has 0 unspecified atom stereocenters. The number of aliphatic hydroxyl groups excluding tert-OH is 1. The molecule has 30 heavy (non-hydrogen) atoms. The monoisotopic (exact) mass is 397 g/mol. The van der Waals surface area contributed by atoms with E-state index in [0.717, 1.165) is 22.3 Å². The van der Waals surface area contributed by atoms with Crippen LogP contribution in [0.25, 0.3) is 0 Å². The van der Waals surface area contributed by atoms with Gasteiger partial charge in [0.15, 0.2) is 11.6 Å². The fourth-order valence-corrected chi connectivity index (χ4v) is 3.64. The second kappa shape index (κ2) is 7.59. The predicted molar refractivity (Wildman–Crippen MR) is 120 cm³/mol. The molecule has 4 rings (SSSR count). The van der Waals surface area contributed by atoms with Gasteiger partial charge in [-0.1, -0.05) is 47.5 Å². The van der Waals surface area contributed by atoms with Crippen molar-refractivity contribution < 1.29 is 9.90 Å². The van der Waals surface area contributed by atoms with Crippen LogP contribution in [0.2, 0.25) is 0 Å². The number of carbonyl (C=O) groups excluding carboxylic acids is 1. The summed E-state index contributed by atoms with van der Waals surface area (Å²) in [4.78, 5) is 21.0. The molecule has 0 spiro atoms. The minimum atomic E-state index is -0.261. The Bertz CT molecular complexity index is 1160. The van der Waals surface area contributed by atoms with Gasteiger partial charge in [0.05, 0.1) is 5.57 Å². The maximum absolute atomic E-state index is 11.6. The maximum Gasteiger partial charge on any atom is 0.182 e. The number of aliphatic imine (C=N–C) groups is 2. The first-order valence-corrected chi connectivity index (χ1v) is 9.79. The van der Waals surface area contributed by atoms with Crippen LogP contribution in [0, 0.1) is 27.7 Å². The Morgan fingerprint density at radius 1 is 0.800 bits per heavy atom. The molecule has 0 fully saturated rings. The molecule has 2 aromatic rings. The molecular weight excluding hydrogens is 374 g/mol. The molecule has 0 aromatic heterocycles. The lowest BCUT2D eigenvalue weighted by molar-refractivity contribution is -0.110. The minimum Gasteiger partial charge on any atom is -0.507 e. The van der Waals surface area contributed by atoms with Crippen LogP contribution in [0.3, 0.4) is 0 Å². The van der Waals surface area contributed by atoms with Crippen molar-refractivity contribution in [1.29, 1.82) is 0 Å². The molecule has 2 N–H and O–H groups in total. The number of benzene rings is 2. The summed E-state index contributed by atoms with van der Waals surface area (Å²) in [5, 5.41) is 13.7. The van der Waals surface area contributed by atoms with Crippen LogP contribution in [-0.4, -0.2) is 22.6 Å². The normalized spacial score (nSPS) is 16.1. The van der Waals surface area contributed by atoms with Crippen molar-refractivity contribution in [2.24, 2.45) is 9.98 Å². The van der Waals surface area contributed by atoms with Crippen LogP contribution in [0.1, 0.15) is 33.4 Å². The maximum atomic E-state index is 11.6. The molecule has 5 nitrogen and oxygen atoms in total. The van der Waals surface area contributed by atoms with Crippen molar-refractivity contribution in [1.82, 2.24) is 5.32 Å². The van der Waals surface area contributed by atoms with E-state index < -0.39 is 0 Å². The van der Waals surface area contributed by atoms with Gasteiger partial charge in [-0.3, -0.25) is 4.79 Å². The molecule has 150 valence electrons. The van der Waals surface area contributed by atoms with Crippen molar-refractivity contribution in [2.45, 2.75) is 27.7 Å². The smallest absolute Gasteiger partial charge is 0.182 e. The zero-order valence-electron chi connectivity index (χ0n) is 17.4. The first kappa shape index (κ1) is 19.6. The average molecular weight is 397 g/mol. The van der Waals surface area contributed by atoms with E-state index in [9.17, 15) is 9.90 Å². The number of hydrogen-bond donors (Lipinski definition) is 2. The summed E-state index contributed by atoms with van der Waals surface area (Å²) in [6, 6.07) is 12.3. The molecular formula is C25H23N3O2. The zero-order valence-corrected chi connectivity index (χ0v) is 17.4. The Hall–Kier alpha value is -3.73. The lowest BCUT2D eigenvalue weighted by Crippen LogP contribution is -2.36. The fraction of sp³-hybridized carbons (Fsp3) is 0.160. The number of rotatable bonds is 2. The summed E-state index contributed by atoms with van der Waals surface area (Å²) in [6.07, 6.45) is 4.15. The van der Waals surface area contributed by atoms with E-state index >= 15 is 0 Å². The number of allylic oxidation sites excluding steroid dienone is 3. The molecule has 0 atom stereocenters. The molecule has 2 aromatic carbocycles. The summed E-state index contributed by atoms with van der Waals surface area (Å²) >= 11 is 0. The van der Waals surface area contributed by atoms with E-state index in [0.29, 0.717) is 23.1 Å². The molecule has 0 saturated carbocycles. The molecule has 5 heteroatoms. The van der Waals surface area contributed by atoms with Crippen molar-refractivity contribution in [3.63, 3.8) is 0 Å². The van der Waals surface area contributed by atoms with Gasteiger partial charge in [-0.15, -0.1) is 0 Å². The quantitative estimate of drug-likeness (QED) is 0.783. The summed E-state index contributed by atoms with van der Waals surface area (Å²) in [5.74, 6) is 1.27. The summed E-state index contributed by atoms with van der Waals surface area (Å²) in [5.41, 5.74) is 6.84. The Kier molecular flexibility index (Phi) is 4.96. The lowest BCUT2D eigenvalue weighted by atomic mass is 10.0. The van der Waals surface area contributed by atoms with E-state index in [1.165, 1.54) is 23.3 Å². The van der Waals surface area contributed by atoms with Crippen molar-refractivity contribution in [3.05, 3.63) is 105 Å². The molecule has 0 saturated heterocycles. The van der Waals surface area contributed by atoms with E-state index in [1.54, 1.807) is 6.08 Å². The number of nitrogens with zero attached hydrogens (tertiary/aromatic N) is 2. The molecule has 0 amide bonds. The van der Waals surface area contributed by atoms with Gasteiger partial charge in [-0.2, -0.15) is 0 Å². The topological polar surface area (TPSA) is 74.0 Å². The Labute approximate surface area is 175 Å². The summed E-state index contributed by atoms with van der Waals surface area (Å²) in [6.45, 7) is 8.18.